The molecule has 6 heteroatoms. The van der Waals surface area contributed by atoms with E-state index in [1.54, 1.807) is 6.07 Å². The highest BCUT2D eigenvalue weighted by molar-refractivity contribution is 5.77. The summed E-state index contributed by atoms with van der Waals surface area (Å²) in [5, 5.41) is 0.633. The average molecular weight is 315 g/mol. The number of hydrogen-bond donors (Lipinski definition) is 1. The Hall–Kier alpha value is -1.76. The molecule has 1 spiro atoms. The predicted molar refractivity (Wildman–Crippen MR) is 86.2 cm³/mol. The van der Waals surface area contributed by atoms with Crippen LogP contribution in [0.3, 0.4) is 0 Å². The van der Waals surface area contributed by atoms with E-state index in [0.717, 1.165) is 37.3 Å². The summed E-state index contributed by atoms with van der Waals surface area (Å²) < 4.78 is 11.5. The molecule has 0 unspecified atom stereocenters. The lowest BCUT2D eigenvalue weighted by atomic mass is 10.0. The van der Waals surface area contributed by atoms with Gasteiger partial charge in [-0.2, -0.15) is 0 Å². The van der Waals surface area contributed by atoms with Crippen molar-refractivity contribution >= 4 is 10.9 Å². The van der Waals surface area contributed by atoms with E-state index >= 15 is 0 Å². The zero-order valence-corrected chi connectivity index (χ0v) is 13.2. The summed E-state index contributed by atoms with van der Waals surface area (Å²) in [7, 11) is 0. The topological polar surface area (TPSA) is 67.5 Å². The number of aromatic nitrogens is 2. The number of H-pyrrole nitrogens is 1. The van der Waals surface area contributed by atoms with Gasteiger partial charge in [0.25, 0.3) is 5.56 Å². The zero-order valence-electron chi connectivity index (χ0n) is 13.2. The SMILES string of the molecule is C[C@H](c1nc2ccccc2c(=O)[nH]1)N1CCC2(CC1)OCCO2. The Morgan fingerprint density at radius 3 is 2.65 bits per heavy atom. The third-order valence-electron chi connectivity index (χ3n) is 4.95. The van der Waals surface area contributed by atoms with E-state index in [1.165, 1.54) is 0 Å². The second-order valence-corrected chi connectivity index (χ2v) is 6.29. The summed E-state index contributed by atoms with van der Waals surface area (Å²) in [6.45, 7) is 5.21. The molecule has 0 radical (unpaired) electrons. The highest BCUT2D eigenvalue weighted by atomic mass is 16.7. The minimum atomic E-state index is -0.375. The van der Waals surface area contributed by atoms with Gasteiger partial charge in [0.2, 0.25) is 0 Å². The van der Waals surface area contributed by atoms with Gasteiger partial charge in [0.05, 0.1) is 30.2 Å². The minimum absolute atomic E-state index is 0.0612. The molecule has 0 saturated carbocycles. The summed E-state index contributed by atoms with van der Waals surface area (Å²) in [6.07, 6.45) is 1.71. The van der Waals surface area contributed by atoms with E-state index in [9.17, 15) is 4.79 Å². The monoisotopic (exact) mass is 315 g/mol. The van der Waals surface area contributed by atoms with Crippen molar-refractivity contribution in [3.8, 4) is 0 Å². The first kappa shape index (κ1) is 14.8. The number of benzene rings is 1. The van der Waals surface area contributed by atoms with Gasteiger partial charge in [0.15, 0.2) is 5.79 Å². The van der Waals surface area contributed by atoms with E-state index in [2.05, 4.69) is 21.8 Å². The molecule has 2 aliphatic heterocycles. The molecule has 122 valence electrons. The molecule has 1 N–H and O–H groups in total. The highest BCUT2D eigenvalue weighted by Gasteiger charge is 2.40. The number of aromatic amines is 1. The third kappa shape index (κ3) is 2.67. The van der Waals surface area contributed by atoms with Crippen molar-refractivity contribution in [1.29, 1.82) is 0 Å². The maximum Gasteiger partial charge on any atom is 0.258 e. The lowest BCUT2D eigenvalue weighted by Gasteiger charge is -2.39. The minimum Gasteiger partial charge on any atom is -0.347 e. The van der Waals surface area contributed by atoms with Crippen molar-refractivity contribution < 1.29 is 9.47 Å². The van der Waals surface area contributed by atoms with Gasteiger partial charge in [-0.05, 0) is 19.1 Å². The molecule has 0 bridgehead atoms. The first-order valence-corrected chi connectivity index (χ1v) is 8.18. The van der Waals surface area contributed by atoms with E-state index in [0.29, 0.717) is 18.6 Å². The van der Waals surface area contributed by atoms with Gasteiger partial charge in [-0.15, -0.1) is 0 Å². The van der Waals surface area contributed by atoms with E-state index in [1.807, 2.05) is 18.2 Å². The zero-order chi connectivity index (χ0) is 15.9. The number of fused-ring (bicyclic) bond motifs is 1. The summed E-state index contributed by atoms with van der Waals surface area (Å²) in [5.41, 5.74) is 0.669. The lowest BCUT2D eigenvalue weighted by molar-refractivity contribution is -0.187. The van der Waals surface area contributed by atoms with Crippen LogP contribution in [0.15, 0.2) is 29.1 Å². The standard InChI is InChI=1S/C17H21N3O3/c1-12(20-8-6-17(7-9-20)22-10-11-23-17)15-18-14-5-3-2-4-13(14)16(21)19-15/h2-5,12H,6-11H2,1H3,(H,18,19,21)/t12-/m1/s1. The molecule has 2 fully saturated rings. The van der Waals surface area contributed by atoms with Crippen LogP contribution in [0.4, 0.5) is 0 Å². The van der Waals surface area contributed by atoms with Crippen molar-refractivity contribution in [3.05, 3.63) is 40.4 Å². The largest absolute Gasteiger partial charge is 0.347 e. The van der Waals surface area contributed by atoms with Crippen LogP contribution >= 0.6 is 0 Å². The maximum atomic E-state index is 12.2. The molecule has 1 atom stereocenters. The Labute approximate surface area is 134 Å². The van der Waals surface area contributed by atoms with Crippen molar-refractivity contribution in [2.75, 3.05) is 26.3 Å². The Morgan fingerprint density at radius 2 is 1.91 bits per heavy atom. The first-order chi connectivity index (χ1) is 11.2. The van der Waals surface area contributed by atoms with Crippen molar-refractivity contribution in [3.63, 3.8) is 0 Å². The fourth-order valence-electron chi connectivity index (χ4n) is 3.51. The Kier molecular flexibility index (Phi) is 3.67. The van der Waals surface area contributed by atoms with Gasteiger partial charge in [-0.3, -0.25) is 9.69 Å². The van der Waals surface area contributed by atoms with Crippen LogP contribution in [0.2, 0.25) is 0 Å². The molecule has 4 rings (SSSR count). The van der Waals surface area contributed by atoms with Crippen LogP contribution in [0.1, 0.15) is 31.6 Å². The molecular formula is C17H21N3O3. The summed E-state index contributed by atoms with van der Waals surface area (Å²) in [5.74, 6) is 0.346. The molecule has 1 aromatic carbocycles. The molecule has 0 aliphatic carbocycles. The van der Waals surface area contributed by atoms with E-state index in [4.69, 9.17) is 9.47 Å². The number of nitrogens with zero attached hydrogens (tertiary/aromatic N) is 2. The van der Waals surface area contributed by atoms with E-state index < -0.39 is 0 Å². The van der Waals surface area contributed by atoms with Crippen LogP contribution in [0.5, 0.6) is 0 Å². The van der Waals surface area contributed by atoms with Crippen LogP contribution in [-0.2, 0) is 9.47 Å². The third-order valence-corrected chi connectivity index (χ3v) is 4.95. The van der Waals surface area contributed by atoms with Crippen molar-refractivity contribution in [2.24, 2.45) is 0 Å². The van der Waals surface area contributed by atoms with Gasteiger partial charge in [-0.25, -0.2) is 4.98 Å². The molecule has 23 heavy (non-hydrogen) atoms. The van der Waals surface area contributed by atoms with Gasteiger partial charge < -0.3 is 14.5 Å². The first-order valence-electron chi connectivity index (χ1n) is 8.18. The van der Waals surface area contributed by atoms with Crippen LogP contribution in [-0.4, -0.2) is 47.0 Å². The number of nitrogens with one attached hydrogen (secondary N) is 1. The Balaban J connectivity index is 1.55. The molecule has 2 aliphatic rings. The van der Waals surface area contributed by atoms with E-state index in [-0.39, 0.29) is 17.4 Å². The summed E-state index contributed by atoms with van der Waals surface area (Å²) in [4.78, 5) is 22.1. The van der Waals surface area contributed by atoms with Gasteiger partial charge in [-0.1, -0.05) is 12.1 Å². The number of ether oxygens (including phenoxy) is 2. The number of rotatable bonds is 2. The van der Waals surface area contributed by atoms with Crippen LogP contribution < -0.4 is 5.56 Å². The average Bonchev–Trinajstić information content (AvgIpc) is 3.03. The van der Waals surface area contributed by atoms with Crippen molar-refractivity contribution in [1.82, 2.24) is 14.9 Å². The normalized spacial score (nSPS) is 22.7. The number of hydrogen-bond acceptors (Lipinski definition) is 5. The maximum absolute atomic E-state index is 12.2. The highest BCUT2D eigenvalue weighted by Crippen LogP contribution is 2.33. The quantitative estimate of drug-likeness (QED) is 0.915. The number of piperidine rings is 1. The second kappa shape index (κ2) is 5.70. The van der Waals surface area contributed by atoms with Gasteiger partial charge in [0, 0.05) is 25.9 Å². The number of likely N-dealkylation sites (tertiary alicyclic amines) is 1. The fraction of sp³-hybridized carbons (Fsp3) is 0.529. The molecule has 6 nitrogen and oxygen atoms in total. The fourth-order valence-corrected chi connectivity index (χ4v) is 3.51. The van der Waals surface area contributed by atoms with Crippen LogP contribution in [0, 0.1) is 0 Å². The smallest absolute Gasteiger partial charge is 0.258 e. The molecule has 3 heterocycles. The Bertz CT molecular complexity index is 757. The predicted octanol–water partition coefficient (Wildman–Crippen LogP) is 1.82. The van der Waals surface area contributed by atoms with Crippen molar-refractivity contribution in [2.45, 2.75) is 31.6 Å². The summed E-state index contributed by atoms with van der Waals surface area (Å²) in [6, 6.07) is 7.50. The lowest BCUT2D eigenvalue weighted by Crippen LogP contribution is -2.46. The van der Waals surface area contributed by atoms with Gasteiger partial charge in [0.1, 0.15) is 5.82 Å². The molecule has 2 saturated heterocycles. The molecule has 0 amide bonds. The van der Waals surface area contributed by atoms with Crippen LogP contribution in [0.25, 0.3) is 10.9 Å². The summed E-state index contributed by atoms with van der Waals surface area (Å²) >= 11 is 0. The second-order valence-electron chi connectivity index (χ2n) is 6.29. The number of para-hydroxylation sites is 1. The molecule has 2 aromatic rings. The molecular weight excluding hydrogens is 294 g/mol. The molecule has 1 aromatic heterocycles. The van der Waals surface area contributed by atoms with Gasteiger partial charge >= 0.3 is 0 Å². The Morgan fingerprint density at radius 1 is 1.22 bits per heavy atom.